The Morgan fingerprint density at radius 2 is 1.02 bits per heavy atom. The normalized spacial score (nSPS) is 15.6. The van der Waals surface area contributed by atoms with E-state index >= 15 is 0 Å². The van der Waals surface area contributed by atoms with Crippen molar-refractivity contribution in [2.75, 3.05) is 62.2 Å². The topological polar surface area (TPSA) is 178 Å². The van der Waals surface area contributed by atoms with Crippen LogP contribution in [0.5, 0.6) is 17.2 Å². The molecule has 4 N–H and O–H groups in total. The molecule has 1 amide bonds. The summed E-state index contributed by atoms with van der Waals surface area (Å²) in [6.07, 6.45) is 11.3. The van der Waals surface area contributed by atoms with E-state index in [9.17, 15) is 18.5 Å². The van der Waals surface area contributed by atoms with Crippen molar-refractivity contribution >= 4 is 68.3 Å². The van der Waals surface area contributed by atoms with Gasteiger partial charge in [-0.05, 0) is 135 Å². The summed E-state index contributed by atoms with van der Waals surface area (Å²) in [6.45, 7) is 21.9. The second-order valence-electron chi connectivity index (χ2n) is 23.3. The summed E-state index contributed by atoms with van der Waals surface area (Å²) >= 11 is 0. The molecule has 2 heterocycles. The molecule has 0 aliphatic carbocycles. The van der Waals surface area contributed by atoms with Crippen LogP contribution in [0.1, 0.15) is 55.6 Å². The van der Waals surface area contributed by atoms with E-state index in [0.29, 0.717) is 61.1 Å². The van der Waals surface area contributed by atoms with Crippen molar-refractivity contribution < 1.29 is 60.6 Å². The van der Waals surface area contributed by atoms with E-state index in [0.717, 1.165) is 17.1 Å². The van der Waals surface area contributed by atoms with Gasteiger partial charge >= 0.3 is 22.6 Å². The number of benzene rings is 8. The number of azo groups is 1. The number of carbonyl (C=O) groups excluding carboxylic acids is 1. The van der Waals surface area contributed by atoms with Gasteiger partial charge in [-0.1, -0.05) is 161 Å². The summed E-state index contributed by atoms with van der Waals surface area (Å²) in [4.78, 5) is 16.7. The van der Waals surface area contributed by atoms with E-state index in [1.807, 2.05) is 116 Å². The molecular formula is C76H85IN9O7P3. The number of amides is 1. The molecule has 0 saturated heterocycles. The van der Waals surface area contributed by atoms with Gasteiger partial charge in [0.2, 0.25) is 5.69 Å². The van der Waals surface area contributed by atoms with Crippen LogP contribution >= 0.6 is 22.6 Å². The zero-order chi connectivity index (χ0) is 67.9. The van der Waals surface area contributed by atoms with E-state index in [1.165, 1.54) is 51.4 Å². The Morgan fingerprint density at radius 3 is 1.54 bits per heavy atom. The Morgan fingerprint density at radius 1 is 0.552 bits per heavy atom. The van der Waals surface area contributed by atoms with Crippen LogP contribution in [0.25, 0.3) is 0 Å². The summed E-state index contributed by atoms with van der Waals surface area (Å²) in [6, 6.07) is 68.2. The predicted molar refractivity (Wildman–Crippen MR) is 393 cm³/mol. The van der Waals surface area contributed by atoms with Crippen LogP contribution in [0.4, 0.5) is 34.1 Å². The van der Waals surface area contributed by atoms with Crippen LogP contribution in [0.3, 0.4) is 0 Å². The molecule has 0 aromatic heterocycles. The minimum absolute atomic E-state index is 0. The van der Waals surface area contributed by atoms with Crippen LogP contribution < -0.4 is 67.9 Å². The highest BCUT2D eigenvalue weighted by atomic mass is 127. The number of hydrogen-bond donors (Lipinski definition) is 4. The maximum absolute atomic E-state index is 13.4. The number of carbonyl (C=O) groups is 1. The maximum atomic E-state index is 13.4. The maximum Gasteiger partial charge on any atom is 0.363 e. The SMILES string of the molecule is C=CP(=O)(NCCCNC(=O)c1ccc(N=Nc2ccc(N(C)C)cc2)cc1)Oc1ccccc1.C=CP(=O)(NCCN1/C(=C/C=C/C=C/C2=[N+](C)c3ccccc3C2(C)C)C(C)(C)c2ccccc21)Oc1ccccc1.C=CP(=O)(Nc1ccccc1)Oc1ccccc1.[I-]. The van der Waals surface area contributed by atoms with Crippen molar-refractivity contribution in [3.8, 4) is 17.2 Å². The number of para-hydroxylation sites is 6. The molecule has 3 atom stereocenters. The first-order chi connectivity index (χ1) is 45.7. The number of halogens is 1. The average Bonchev–Trinajstić information content (AvgIpc) is 1.61. The summed E-state index contributed by atoms with van der Waals surface area (Å²) in [5, 5.41) is 20.2. The highest BCUT2D eigenvalue weighted by Crippen LogP contribution is 2.50. The fourth-order valence-corrected chi connectivity index (χ4v) is 14.0. The van der Waals surface area contributed by atoms with Gasteiger partial charge in [0, 0.05) is 109 Å². The molecule has 0 fully saturated rings. The minimum Gasteiger partial charge on any atom is -1.00 e. The number of nitrogens with one attached hydrogen (secondary N) is 4. The average molecular weight is 1460 g/mol. The van der Waals surface area contributed by atoms with E-state index in [1.54, 1.807) is 72.8 Å². The number of rotatable bonds is 27. The number of nitrogens with zero attached hydrogens (tertiary/aromatic N) is 5. The molecule has 8 aromatic carbocycles. The molecule has 8 aromatic rings. The molecule has 20 heteroatoms. The molecule has 0 saturated carbocycles. The first-order valence-electron chi connectivity index (χ1n) is 31.2. The van der Waals surface area contributed by atoms with Gasteiger partial charge in [-0.15, -0.1) is 0 Å². The molecule has 2 aliphatic rings. The smallest absolute Gasteiger partial charge is 0.363 e. The first-order valence-corrected chi connectivity index (χ1v) is 36.2. The first kappa shape index (κ1) is 74.5. The Balaban J connectivity index is 0.000000217. The lowest BCUT2D eigenvalue weighted by Crippen LogP contribution is -3.00. The van der Waals surface area contributed by atoms with Gasteiger partial charge in [0.1, 0.15) is 24.3 Å². The van der Waals surface area contributed by atoms with Gasteiger partial charge in [0.15, 0.2) is 5.71 Å². The summed E-state index contributed by atoms with van der Waals surface area (Å²) in [7, 11) is -3.49. The van der Waals surface area contributed by atoms with Crippen LogP contribution in [-0.4, -0.2) is 63.5 Å². The quantitative estimate of drug-likeness (QED) is 0.00958. The van der Waals surface area contributed by atoms with E-state index < -0.39 is 22.6 Å². The third-order valence-electron chi connectivity index (χ3n) is 15.6. The van der Waals surface area contributed by atoms with Gasteiger partial charge in [-0.25, -0.2) is 14.7 Å². The Hall–Kier alpha value is -8.92. The molecule has 0 spiro atoms. The van der Waals surface area contributed by atoms with Crippen LogP contribution in [0, 0.1) is 0 Å². The van der Waals surface area contributed by atoms with Gasteiger partial charge in [-0.2, -0.15) is 14.8 Å². The van der Waals surface area contributed by atoms with Gasteiger partial charge in [0.25, 0.3) is 5.91 Å². The molecule has 498 valence electrons. The molecule has 0 bridgehead atoms. The molecule has 96 heavy (non-hydrogen) atoms. The third-order valence-corrected chi connectivity index (χ3v) is 20.4. The molecule has 2 aliphatic heterocycles. The van der Waals surface area contributed by atoms with Crippen LogP contribution in [0.2, 0.25) is 0 Å². The van der Waals surface area contributed by atoms with E-state index in [-0.39, 0.29) is 40.7 Å². The number of hydrogen-bond acceptors (Lipinski definition) is 11. The number of anilines is 3. The second-order valence-corrected chi connectivity index (χ2v) is 29.4. The zero-order valence-electron chi connectivity index (χ0n) is 55.4. The third kappa shape index (κ3) is 20.6. The highest BCUT2D eigenvalue weighted by molar-refractivity contribution is 7.64. The molecular weight excluding hydrogens is 1370 g/mol. The standard InChI is InChI=1S/C36H41N3O2P.C26H30N5O3P.C14H14NO2P.HI/c1-7-42(40,41-28-18-10-8-11-19-28)37-26-27-39-32-23-17-15-21-30(32)36(4,5)34(39)25-13-9-12-24-33-35(2,3)29-20-14-16-22-31(29)38(33)6;1-4-35(33,34-25-9-6-5-7-10-25)28-20-8-19-27-26(32)21-11-13-22(14-12-21)29-30-23-15-17-24(18-16-23)31(2)3;1-2-18(16,15-13-9-5-3-6-10-13)17-14-11-7-4-8-12-14;/h7-25H,1,26-27H2,2-6H3,(H,37,40);4-7,9-18H,1,8,19-20H2,2-3H3,(H,27,32)(H,28,33);2-12H,1H2,(H,15,16);1H/q+1;;;/p-1. The molecule has 16 nitrogen and oxygen atoms in total. The van der Waals surface area contributed by atoms with Crippen LogP contribution in [-0.2, 0) is 24.5 Å². The predicted octanol–water partition coefficient (Wildman–Crippen LogP) is 16.3. The fraction of sp³-hybridized carbons (Fsp3) is 0.184. The largest absolute Gasteiger partial charge is 1.00 e. The van der Waals surface area contributed by atoms with Crippen molar-refractivity contribution in [3.05, 3.63) is 308 Å². The van der Waals surface area contributed by atoms with Crippen molar-refractivity contribution in [3.63, 3.8) is 0 Å². The number of fused-ring (bicyclic) bond motifs is 2. The molecule has 10 rings (SSSR count). The zero-order valence-corrected chi connectivity index (χ0v) is 60.2. The summed E-state index contributed by atoms with van der Waals surface area (Å²) < 4.78 is 57.7. The summed E-state index contributed by atoms with van der Waals surface area (Å²) in [5.74, 6) is 5.39. The van der Waals surface area contributed by atoms with Crippen molar-refractivity contribution in [2.24, 2.45) is 10.2 Å². The lowest BCUT2D eigenvalue weighted by atomic mass is 9.81. The van der Waals surface area contributed by atoms with Gasteiger partial charge in [0.05, 0.1) is 16.8 Å². The van der Waals surface area contributed by atoms with Crippen LogP contribution in [0.15, 0.2) is 302 Å². The Labute approximate surface area is 583 Å². The molecule has 3 unspecified atom stereocenters. The van der Waals surface area contributed by atoms with Gasteiger partial charge in [-0.3, -0.25) is 13.9 Å². The molecule has 0 radical (unpaired) electrons. The Bertz CT molecular complexity index is 4160. The van der Waals surface area contributed by atoms with Crippen molar-refractivity contribution in [1.82, 2.24) is 15.5 Å². The fourth-order valence-electron chi connectivity index (χ4n) is 10.6. The lowest BCUT2D eigenvalue weighted by Gasteiger charge is -2.27. The van der Waals surface area contributed by atoms with E-state index in [4.69, 9.17) is 13.6 Å². The van der Waals surface area contributed by atoms with Gasteiger partial charge < -0.3 is 57.8 Å². The number of allylic oxidation sites excluding steroid dienone is 6. The summed E-state index contributed by atoms with van der Waals surface area (Å²) in [5.41, 5.74) is 11.0. The van der Waals surface area contributed by atoms with Crippen molar-refractivity contribution in [1.29, 1.82) is 0 Å². The lowest BCUT2D eigenvalue weighted by molar-refractivity contribution is -0.401. The monoisotopic (exact) mass is 1460 g/mol. The Kier molecular flexibility index (Phi) is 27.3. The minimum atomic E-state index is -3.26. The second kappa shape index (κ2) is 35.2. The van der Waals surface area contributed by atoms with Crippen molar-refractivity contribution in [2.45, 2.75) is 44.9 Å². The van der Waals surface area contributed by atoms with E-state index in [2.05, 4.69) is 174 Å². The highest BCUT2D eigenvalue weighted by Gasteiger charge is 2.43.